The summed E-state index contributed by atoms with van der Waals surface area (Å²) in [7, 11) is 0. The molecular formula is C12H15ClN2O. The second-order valence-electron chi connectivity index (χ2n) is 4.16. The lowest BCUT2D eigenvalue weighted by atomic mass is 10.1. The summed E-state index contributed by atoms with van der Waals surface area (Å²) in [5, 5.41) is 0.645. The van der Waals surface area contributed by atoms with Gasteiger partial charge >= 0.3 is 0 Å². The smallest absolute Gasteiger partial charge is 0.253 e. The molecule has 1 saturated heterocycles. The van der Waals surface area contributed by atoms with Crippen molar-refractivity contribution in [2.45, 2.75) is 18.9 Å². The number of nitrogens with zero attached hydrogens (tertiary/aromatic N) is 1. The zero-order chi connectivity index (χ0) is 11.5. The van der Waals surface area contributed by atoms with Gasteiger partial charge in [-0.2, -0.15) is 0 Å². The van der Waals surface area contributed by atoms with E-state index in [0.29, 0.717) is 17.1 Å². The minimum absolute atomic E-state index is 0.0480. The highest BCUT2D eigenvalue weighted by molar-refractivity contribution is 6.30. The van der Waals surface area contributed by atoms with Gasteiger partial charge in [-0.1, -0.05) is 11.6 Å². The molecule has 1 unspecified atom stereocenters. The van der Waals surface area contributed by atoms with E-state index in [9.17, 15) is 4.79 Å². The molecule has 1 aromatic carbocycles. The van der Waals surface area contributed by atoms with Crippen molar-refractivity contribution in [2.24, 2.45) is 5.73 Å². The number of halogens is 1. The quantitative estimate of drug-likeness (QED) is 0.812. The number of rotatable bonds is 1. The Bertz CT molecular complexity index is 377. The molecule has 0 bridgehead atoms. The predicted molar refractivity (Wildman–Crippen MR) is 64.6 cm³/mol. The molecule has 1 heterocycles. The van der Waals surface area contributed by atoms with Crippen LogP contribution in [0.1, 0.15) is 23.2 Å². The van der Waals surface area contributed by atoms with E-state index in [2.05, 4.69) is 0 Å². The van der Waals surface area contributed by atoms with Crippen molar-refractivity contribution in [2.75, 3.05) is 13.1 Å². The van der Waals surface area contributed by atoms with Crippen LogP contribution in [0, 0.1) is 0 Å². The van der Waals surface area contributed by atoms with E-state index in [0.717, 1.165) is 19.4 Å². The third-order valence-corrected chi connectivity index (χ3v) is 3.09. The van der Waals surface area contributed by atoms with Crippen molar-refractivity contribution in [3.63, 3.8) is 0 Å². The van der Waals surface area contributed by atoms with Gasteiger partial charge in [-0.3, -0.25) is 4.79 Å². The minimum atomic E-state index is 0.0480. The number of benzene rings is 1. The van der Waals surface area contributed by atoms with E-state index in [4.69, 9.17) is 17.3 Å². The number of carbonyl (C=O) groups is 1. The third kappa shape index (κ3) is 2.54. The molecular weight excluding hydrogens is 224 g/mol. The van der Waals surface area contributed by atoms with E-state index in [1.165, 1.54) is 0 Å². The van der Waals surface area contributed by atoms with E-state index < -0.39 is 0 Å². The van der Waals surface area contributed by atoms with Crippen LogP contribution < -0.4 is 5.73 Å². The number of amides is 1. The maximum Gasteiger partial charge on any atom is 0.253 e. The zero-order valence-electron chi connectivity index (χ0n) is 9.03. The van der Waals surface area contributed by atoms with Gasteiger partial charge in [-0.05, 0) is 37.1 Å². The summed E-state index contributed by atoms with van der Waals surface area (Å²) in [4.78, 5) is 13.9. The maximum absolute atomic E-state index is 12.1. The highest BCUT2D eigenvalue weighted by Crippen LogP contribution is 2.15. The van der Waals surface area contributed by atoms with Crippen molar-refractivity contribution in [1.29, 1.82) is 0 Å². The van der Waals surface area contributed by atoms with Gasteiger partial charge in [0, 0.05) is 29.7 Å². The topological polar surface area (TPSA) is 46.3 Å². The molecule has 1 aromatic rings. The van der Waals surface area contributed by atoms with Gasteiger partial charge in [0.1, 0.15) is 0 Å². The SMILES string of the molecule is NC1CCCN(C(=O)c2ccc(Cl)cc2)C1. The molecule has 2 rings (SSSR count). The molecule has 0 aromatic heterocycles. The van der Waals surface area contributed by atoms with Crippen LogP contribution in [0.5, 0.6) is 0 Å². The van der Waals surface area contributed by atoms with E-state index >= 15 is 0 Å². The molecule has 0 radical (unpaired) electrons. The number of carbonyl (C=O) groups excluding carboxylic acids is 1. The van der Waals surface area contributed by atoms with Gasteiger partial charge in [-0.25, -0.2) is 0 Å². The molecule has 1 atom stereocenters. The summed E-state index contributed by atoms with van der Waals surface area (Å²) < 4.78 is 0. The number of hydrogen-bond donors (Lipinski definition) is 1. The first kappa shape index (κ1) is 11.4. The fraction of sp³-hybridized carbons (Fsp3) is 0.417. The average molecular weight is 239 g/mol. The van der Waals surface area contributed by atoms with Gasteiger partial charge in [0.25, 0.3) is 5.91 Å². The van der Waals surface area contributed by atoms with Crippen LogP contribution in [0.3, 0.4) is 0 Å². The zero-order valence-corrected chi connectivity index (χ0v) is 9.78. The molecule has 1 amide bonds. The Labute approximate surface area is 100 Å². The lowest BCUT2D eigenvalue weighted by Gasteiger charge is -2.30. The van der Waals surface area contributed by atoms with Crippen molar-refractivity contribution >= 4 is 17.5 Å². The van der Waals surface area contributed by atoms with E-state index in [1.54, 1.807) is 24.3 Å². The Hall–Kier alpha value is -1.06. The van der Waals surface area contributed by atoms with Crippen LogP contribution in [0.4, 0.5) is 0 Å². The average Bonchev–Trinajstić information content (AvgIpc) is 2.29. The van der Waals surface area contributed by atoms with Crippen LogP contribution in [0.2, 0.25) is 5.02 Å². The Morgan fingerprint density at radius 3 is 2.69 bits per heavy atom. The number of nitrogens with two attached hydrogens (primary N) is 1. The van der Waals surface area contributed by atoms with Crippen LogP contribution >= 0.6 is 11.6 Å². The number of likely N-dealkylation sites (tertiary alicyclic amines) is 1. The summed E-state index contributed by atoms with van der Waals surface area (Å²) in [6, 6.07) is 7.09. The van der Waals surface area contributed by atoms with Gasteiger partial charge in [0.2, 0.25) is 0 Å². The summed E-state index contributed by atoms with van der Waals surface area (Å²) in [6.45, 7) is 1.45. The Morgan fingerprint density at radius 1 is 1.38 bits per heavy atom. The monoisotopic (exact) mass is 238 g/mol. The van der Waals surface area contributed by atoms with Crippen molar-refractivity contribution in [3.05, 3.63) is 34.9 Å². The summed E-state index contributed by atoms with van der Waals surface area (Å²) >= 11 is 5.78. The molecule has 16 heavy (non-hydrogen) atoms. The van der Waals surface area contributed by atoms with Gasteiger partial charge < -0.3 is 10.6 Å². The van der Waals surface area contributed by atoms with Crippen molar-refractivity contribution in [3.8, 4) is 0 Å². The lowest BCUT2D eigenvalue weighted by Crippen LogP contribution is -2.45. The largest absolute Gasteiger partial charge is 0.337 e. The van der Waals surface area contributed by atoms with Gasteiger partial charge in [-0.15, -0.1) is 0 Å². The summed E-state index contributed by atoms with van der Waals surface area (Å²) in [6.07, 6.45) is 1.99. The fourth-order valence-corrected chi connectivity index (χ4v) is 2.10. The molecule has 3 nitrogen and oxygen atoms in total. The maximum atomic E-state index is 12.1. The third-order valence-electron chi connectivity index (χ3n) is 2.84. The highest BCUT2D eigenvalue weighted by Gasteiger charge is 2.21. The van der Waals surface area contributed by atoms with Crippen molar-refractivity contribution in [1.82, 2.24) is 4.90 Å². The minimum Gasteiger partial charge on any atom is -0.337 e. The molecule has 1 fully saturated rings. The molecule has 0 spiro atoms. The first-order valence-electron chi connectivity index (χ1n) is 5.47. The highest BCUT2D eigenvalue weighted by atomic mass is 35.5. The predicted octanol–water partition coefficient (Wildman–Crippen LogP) is 1.90. The van der Waals surface area contributed by atoms with Crippen LogP contribution in [0.25, 0.3) is 0 Å². The number of piperidine rings is 1. The Kier molecular flexibility index (Phi) is 3.46. The van der Waals surface area contributed by atoms with Gasteiger partial charge in [0.15, 0.2) is 0 Å². The van der Waals surface area contributed by atoms with Crippen molar-refractivity contribution < 1.29 is 4.79 Å². The first-order valence-corrected chi connectivity index (χ1v) is 5.85. The molecule has 4 heteroatoms. The Balaban J connectivity index is 2.09. The second-order valence-corrected chi connectivity index (χ2v) is 4.60. The standard InChI is InChI=1S/C12H15ClN2O/c13-10-5-3-9(4-6-10)12(16)15-7-1-2-11(14)8-15/h3-6,11H,1-2,7-8,14H2. The van der Waals surface area contributed by atoms with E-state index in [1.807, 2.05) is 4.90 Å². The van der Waals surface area contributed by atoms with Crippen LogP contribution in [-0.2, 0) is 0 Å². The van der Waals surface area contributed by atoms with Crippen LogP contribution in [-0.4, -0.2) is 29.9 Å². The second kappa shape index (κ2) is 4.85. The normalized spacial score (nSPS) is 20.9. The molecule has 1 aliphatic rings. The molecule has 2 N–H and O–H groups in total. The molecule has 0 saturated carbocycles. The first-order chi connectivity index (χ1) is 7.66. The lowest BCUT2D eigenvalue weighted by molar-refractivity contribution is 0.0709. The summed E-state index contributed by atoms with van der Waals surface area (Å²) in [5.41, 5.74) is 6.53. The Morgan fingerprint density at radius 2 is 2.06 bits per heavy atom. The fourth-order valence-electron chi connectivity index (χ4n) is 1.97. The van der Waals surface area contributed by atoms with Crippen LogP contribution in [0.15, 0.2) is 24.3 Å². The van der Waals surface area contributed by atoms with E-state index in [-0.39, 0.29) is 11.9 Å². The molecule has 86 valence electrons. The van der Waals surface area contributed by atoms with Gasteiger partial charge in [0.05, 0.1) is 0 Å². The molecule has 1 aliphatic heterocycles. The molecule has 0 aliphatic carbocycles. The summed E-state index contributed by atoms with van der Waals surface area (Å²) in [5.74, 6) is 0.0480. The number of hydrogen-bond acceptors (Lipinski definition) is 2.